The quantitative estimate of drug-likeness (QED) is 0.595. The van der Waals surface area contributed by atoms with Gasteiger partial charge in [-0.25, -0.2) is 4.68 Å². The summed E-state index contributed by atoms with van der Waals surface area (Å²) in [5.74, 6) is 2.14. The molecule has 5 nitrogen and oxygen atoms in total. The standard InChI is InChI=1S/C24H30N4OS/c1-4-28-24-21(22(27-28)20-9-5-6-12-25-20)23(30-15-17(3)26-24)19-11-10-18(8-7-13-29)14-16(19)2/h5-6,9-12,14,17,23,26,29H,4,7-8,13,15H2,1-3H3. The van der Waals surface area contributed by atoms with Crippen molar-refractivity contribution in [3.63, 3.8) is 0 Å². The molecule has 0 saturated heterocycles. The molecule has 2 aromatic heterocycles. The molecule has 0 saturated carbocycles. The first-order valence-corrected chi connectivity index (χ1v) is 11.8. The van der Waals surface area contributed by atoms with Crippen molar-refractivity contribution in [2.75, 3.05) is 17.7 Å². The molecule has 3 heterocycles. The third-order valence-corrected chi connectivity index (χ3v) is 7.11. The molecule has 30 heavy (non-hydrogen) atoms. The number of thioether (sulfide) groups is 1. The van der Waals surface area contributed by atoms with Gasteiger partial charge in [-0.05, 0) is 62.4 Å². The number of pyridine rings is 1. The fraction of sp³-hybridized carbons (Fsp3) is 0.417. The first-order valence-electron chi connectivity index (χ1n) is 10.7. The van der Waals surface area contributed by atoms with E-state index in [2.05, 4.69) is 54.0 Å². The van der Waals surface area contributed by atoms with E-state index in [4.69, 9.17) is 10.2 Å². The van der Waals surface area contributed by atoms with E-state index in [0.717, 1.165) is 42.3 Å². The summed E-state index contributed by atoms with van der Waals surface area (Å²) >= 11 is 1.97. The largest absolute Gasteiger partial charge is 0.396 e. The maximum absolute atomic E-state index is 9.16. The van der Waals surface area contributed by atoms with Crippen LogP contribution in [0.1, 0.15) is 47.8 Å². The van der Waals surface area contributed by atoms with Gasteiger partial charge in [0.15, 0.2) is 0 Å². The minimum atomic E-state index is 0.196. The first kappa shape index (κ1) is 20.9. The molecular weight excluding hydrogens is 392 g/mol. The highest BCUT2D eigenvalue weighted by molar-refractivity contribution is 7.99. The van der Waals surface area contributed by atoms with Crippen LogP contribution in [0.25, 0.3) is 11.4 Å². The number of fused-ring (bicyclic) bond motifs is 1. The molecule has 0 aliphatic carbocycles. The van der Waals surface area contributed by atoms with Gasteiger partial charge in [0.1, 0.15) is 11.5 Å². The maximum Gasteiger partial charge on any atom is 0.129 e. The maximum atomic E-state index is 9.16. The molecule has 0 bridgehead atoms. The Morgan fingerprint density at radius 1 is 1.27 bits per heavy atom. The molecule has 4 rings (SSSR count). The van der Waals surface area contributed by atoms with Crippen LogP contribution in [0, 0.1) is 6.92 Å². The van der Waals surface area contributed by atoms with E-state index in [1.807, 2.05) is 36.2 Å². The molecule has 1 aliphatic rings. The lowest BCUT2D eigenvalue weighted by Crippen LogP contribution is -2.19. The average Bonchev–Trinajstić information content (AvgIpc) is 3.03. The summed E-state index contributed by atoms with van der Waals surface area (Å²) in [5, 5.41) is 18.0. The summed E-state index contributed by atoms with van der Waals surface area (Å²) < 4.78 is 2.08. The Morgan fingerprint density at radius 2 is 2.13 bits per heavy atom. The van der Waals surface area contributed by atoms with Crippen molar-refractivity contribution in [2.45, 2.75) is 51.4 Å². The summed E-state index contributed by atoms with van der Waals surface area (Å²) in [4.78, 5) is 4.62. The highest BCUT2D eigenvalue weighted by atomic mass is 32.2. The third kappa shape index (κ3) is 4.12. The number of aromatic nitrogens is 3. The van der Waals surface area contributed by atoms with Crippen molar-refractivity contribution < 1.29 is 5.11 Å². The van der Waals surface area contributed by atoms with Gasteiger partial charge in [0.2, 0.25) is 0 Å². The molecule has 2 atom stereocenters. The van der Waals surface area contributed by atoms with Crippen molar-refractivity contribution in [3.8, 4) is 11.4 Å². The van der Waals surface area contributed by atoms with Crippen molar-refractivity contribution in [2.24, 2.45) is 0 Å². The first-order chi connectivity index (χ1) is 14.6. The van der Waals surface area contributed by atoms with Gasteiger partial charge in [0.05, 0.1) is 10.9 Å². The number of nitrogens with zero attached hydrogens (tertiary/aromatic N) is 3. The van der Waals surface area contributed by atoms with Gasteiger partial charge in [0, 0.05) is 36.7 Å². The fourth-order valence-electron chi connectivity index (χ4n) is 4.11. The van der Waals surface area contributed by atoms with Crippen LogP contribution < -0.4 is 5.32 Å². The number of aliphatic hydroxyl groups is 1. The molecule has 0 fully saturated rings. The van der Waals surface area contributed by atoms with E-state index in [0.29, 0.717) is 6.04 Å². The third-order valence-electron chi connectivity index (χ3n) is 5.59. The molecule has 158 valence electrons. The summed E-state index contributed by atoms with van der Waals surface area (Å²) in [7, 11) is 0. The summed E-state index contributed by atoms with van der Waals surface area (Å²) in [6.45, 7) is 7.61. The van der Waals surface area contributed by atoms with E-state index in [1.165, 1.54) is 22.3 Å². The van der Waals surface area contributed by atoms with E-state index >= 15 is 0 Å². The summed E-state index contributed by atoms with van der Waals surface area (Å²) in [5.41, 5.74) is 7.02. The van der Waals surface area contributed by atoms with Crippen LogP contribution in [-0.2, 0) is 13.0 Å². The number of aryl methyl sites for hydroxylation is 3. The van der Waals surface area contributed by atoms with Gasteiger partial charge >= 0.3 is 0 Å². The lowest BCUT2D eigenvalue weighted by atomic mass is 9.95. The highest BCUT2D eigenvalue weighted by Crippen LogP contribution is 2.47. The van der Waals surface area contributed by atoms with Crippen molar-refractivity contribution in [1.82, 2.24) is 14.8 Å². The molecule has 1 aromatic carbocycles. The van der Waals surface area contributed by atoms with Crippen molar-refractivity contribution in [3.05, 3.63) is 64.8 Å². The zero-order valence-corrected chi connectivity index (χ0v) is 18.7. The normalized spacial score (nSPS) is 18.5. The highest BCUT2D eigenvalue weighted by Gasteiger charge is 2.32. The van der Waals surface area contributed by atoms with Crippen LogP contribution in [0.3, 0.4) is 0 Å². The topological polar surface area (TPSA) is 63.0 Å². The number of hydrogen-bond acceptors (Lipinski definition) is 5. The smallest absolute Gasteiger partial charge is 0.129 e. The number of hydrogen-bond donors (Lipinski definition) is 2. The number of anilines is 1. The molecule has 2 unspecified atom stereocenters. The lowest BCUT2D eigenvalue weighted by Gasteiger charge is -2.19. The molecule has 0 amide bonds. The Labute approximate surface area is 182 Å². The van der Waals surface area contributed by atoms with Crippen LogP contribution in [0.5, 0.6) is 0 Å². The van der Waals surface area contributed by atoms with Crippen LogP contribution in [0.4, 0.5) is 5.82 Å². The van der Waals surface area contributed by atoms with Gasteiger partial charge in [-0.15, -0.1) is 11.8 Å². The number of rotatable bonds is 6. The minimum absolute atomic E-state index is 0.196. The van der Waals surface area contributed by atoms with Gasteiger partial charge < -0.3 is 10.4 Å². The predicted octanol–water partition coefficient (Wildman–Crippen LogP) is 4.83. The second-order valence-electron chi connectivity index (χ2n) is 7.92. The zero-order valence-electron chi connectivity index (χ0n) is 17.9. The average molecular weight is 423 g/mol. The molecule has 0 spiro atoms. The second kappa shape index (κ2) is 9.23. The van der Waals surface area contributed by atoms with Gasteiger partial charge in [-0.3, -0.25) is 4.98 Å². The van der Waals surface area contributed by atoms with E-state index in [9.17, 15) is 0 Å². The lowest BCUT2D eigenvalue weighted by molar-refractivity contribution is 0.288. The van der Waals surface area contributed by atoms with E-state index < -0.39 is 0 Å². The van der Waals surface area contributed by atoms with Crippen LogP contribution in [0.15, 0.2) is 42.6 Å². The van der Waals surface area contributed by atoms with E-state index in [-0.39, 0.29) is 11.9 Å². The predicted molar refractivity (Wildman–Crippen MR) is 125 cm³/mol. The number of benzene rings is 1. The molecule has 3 aromatic rings. The summed E-state index contributed by atoms with van der Waals surface area (Å²) in [6.07, 6.45) is 3.55. The Balaban J connectivity index is 1.85. The van der Waals surface area contributed by atoms with Gasteiger partial charge in [-0.2, -0.15) is 5.10 Å². The number of aliphatic hydroxyl groups excluding tert-OH is 1. The molecule has 0 radical (unpaired) electrons. The monoisotopic (exact) mass is 422 g/mol. The Hall–Kier alpha value is -2.31. The van der Waals surface area contributed by atoms with Gasteiger partial charge in [-0.1, -0.05) is 24.3 Å². The molecular formula is C24H30N4OS. The van der Waals surface area contributed by atoms with Crippen molar-refractivity contribution >= 4 is 17.6 Å². The molecule has 1 aliphatic heterocycles. The Morgan fingerprint density at radius 3 is 2.83 bits per heavy atom. The van der Waals surface area contributed by atoms with E-state index in [1.54, 1.807) is 0 Å². The number of nitrogens with one attached hydrogen (secondary N) is 1. The summed E-state index contributed by atoms with van der Waals surface area (Å²) in [6, 6.07) is 13.1. The van der Waals surface area contributed by atoms with Crippen LogP contribution in [-0.4, -0.2) is 38.3 Å². The van der Waals surface area contributed by atoms with Crippen LogP contribution in [0.2, 0.25) is 0 Å². The molecule has 2 N–H and O–H groups in total. The van der Waals surface area contributed by atoms with Crippen LogP contribution >= 0.6 is 11.8 Å². The van der Waals surface area contributed by atoms with Gasteiger partial charge in [0.25, 0.3) is 0 Å². The fourth-order valence-corrected chi connectivity index (χ4v) is 5.51. The second-order valence-corrected chi connectivity index (χ2v) is 9.06. The molecule has 6 heteroatoms. The zero-order chi connectivity index (χ0) is 21.1. The minimum Gasteiger partial charge on any atom is -0.396 e. The Bertz CT molecular complexity index is 1000. The SMILES string of the molecule is CCn1nc(-c2ccccn2)c2c1NC(C)CSC2c1ccc(CCCO)cc1C. The van der Waals surface area contributed by atoms with Crippen molar-refractivity contribution in [1.29, 1.82) is 0 Å². The Kier molecular flexibility index (Phi) is 6.44.